The lowest BCUT2D eigenvalue weighted by Gasteiger charge is -2.36. The van der Waals surface area contributed by atoms with Crippen LogP contribution < -0.4 is 0 Å². The summed E-state index contributed by atoms with van der Waals surface area (Å²) in [6, 6.07) is 8.42. The molecule has 3 heteroatoms. The fraction of sp³-hybridized carbons (Fsp3) is 0.562. The van der Waals surface area contributed by atoms with Gasteiger partial charge in [-0.1, -0.05) is 31.2 Å². The summed E-state index contributed by atoms with van der Waals surface area (Å²) in [5.41, 5.74) is 1.84. The van der Waals surface area contributed by atoms with Crippen LogP contribution in [-0.4, -0.2) is 30.5 Å². The third-order valence-corrected chi connectivity index (χ3v) is 4.36. The van der Waals surface area contributed by atoms with Crippen LogP contribution in [0.15, 0.2) is 24.3 Å². The van der Waals surface area contributed by atoms with E-state index in [0.717, 1.165) is 18.5 Å². The Bertz CT molecular complexity index is 472. The van der Waals surface area contributed by atoms with Gasteiger partial charge in [-0.15, -0.1) is 0 Å². The van der Waals surface area contributed by atoms with Gasteiger partial charge >= 0.3 is 5.97 Å². The van der Waals surface area contributed by atoms with Gasteiger partial charge in [0.25, 0.3) is 0 Å². The van der Waals surface area contributed by atoms with Crippen LogP contribution in [0.3, 0.4) is 0 Å². The number of rotatable bonds is 3. The molecule has 1 aromatic rings. The molecule has 2 rings (SSSR count). The molecular weight excluding hydrogens is 238 g/mol. The molecular formula is C16H23NO2. The van der Waals surface area contributed by atoms with Gasteiger partial charge in [0.2, 0.25) is 0 Å². The number of likely N-dealkylation sites (tertiary alicyclic amines) is 1. The quantitative estimate of drug-likeness (QED) is 0.784. The van der Waals surface area contributed by atoms with E-state index in [1.54, 1.807) is 0 Å². The summed E-state index contributed by atoms with van der Waals surface area (Å²) in [5.74, 6) is -0.120. The van der Waals surface area contributed by atoms with E-state index in [2.05, 4.69) is 37.9 Å². The number of nitrogens with zero attached hydrogens (tertiary/aromatic N) is 1. The number of esters is 1. The fourth-order valence-electron chi connectivity index (χ4n) is 2.97. The molecule has 3 nitrogen and oxygen atoms in total. The molecule has 0 aliphatic carbocycles. The largest absolute Gasteiger partial charge is 0.452 e. The van der Waals surface area contributed by atoms with E-state index in [1.807, 2.05) is 19.1 Å². The molecule has 0 spiro atoms. The van der Waals surface area contributed by atoms with Gasteiger partial charge in [-0.2, -0.15) is 0 Å². The van der Waals surface area contributed by atoms with Crippen LogP contribution in [0.1, 0.15) is 37.8 Å². The minimum Gasteiger partial charge on any atom is -0.452 e. The smallest absolute Gasteiger partial charge is 0.306 e. The predicted octanol–water partition coefficient (Wildman–Crippen LogP) is 2.87. The number of benzene rings is 1. The summed E-state index contributed by atoms with van der Waals surface area (Å²) in [6.45, 7) is 7.02. The van der Waals surface area contributed by atoms with Crippen molar-refractivity contribution in [1.82, 2.24) is 4.90 Å². The van der Waals surface area contributed by atoms with Crippen molar-refractivity contribution in [3.8, 4) is 0 Å². The number of aryl methyl sites for hydroxylation is 1. The van der Waals surface area contributed by atoms with Crippen LogP contribution in [0.5, 0.6) is 0 Å². The van der Waals surface area contributed by atoms with Gasteiger partial charge < -0.3 is 4.74 Å². The maximum Gasteiger partial charge on any atom is 0.306 e. The van der Waals surface area contributed by atoms with Crippen molar-refractivity contribution in [2.24, 2.45) is 0 Å². The average molecular weight is 261 g/mol. The Balaban J connectivity index is 2.46. The predicted molar refractivity (Wildman–Crippen MR) is 75.9 cm³/mol. The molecule has 1 aliphatic rings. The highest BCUT2D eigenvalue weighted by Gasteiger charge is 2.48. The Kier molecular flexibility index (Phi) is 3.95. The molecule has 0 amide bonds. The zero-order chi connectivity index (χ0) is 14.0. The highest BCUT2D eigenvalue weighted by molar-refractivity contribution is 5.70. The minimum atomic E-state index is -0.493. The lowest BCUT2D eigenvalue weighted by molar-refractivity contribution is -0.163. The minimum absolute atomic E-state index is 0.120. The normalized spacial score (nSPS) is 27.5. The molecule has 2 atom stereocenters. The highest BCUT2D eigenvalue weighted by Crippen LogP contribution is 2.42. The van der Waals surface area contributed by atoms with Gasteiger partial charge in [0, 0.05) is 24.9 Å². The van der Waals surface area contributed by atoms with E-state index in [9.17, 15) is 4.79 Å². The summed E-state index contributed by atoms with van der Waals surface area (Å²) in [5, 5.41) is 0. The third kappa shape index (κ3) is 2.39. The number of likely N-dealkylation sites (N-methyl/N-ethyl adjacent to an activating group) is 1. The molecule has 1 fully saturated rings. The Labute approximate surface area is 115 Å². The monoisotopic (exact) mass is 261 g/mol. The van der Waals surface area contributed by atoms with Crippen molar-refractivity contribution in [2.45, 2.75) is 45.3 Å². The average Bonchev–Trinajstić information content (AvgIpc) is 2.68. The topological polar surface area (TPSA) is 29.5 Å². The van der Waals surface area contributed by atoms with Gasteiger partial charge in [0.15, 0.2) is 5.60 Å². The van der Waals surface area contributed by atoms with Crippen LogP contribution in [0, 0.1) is 6.92 Å². The zero-order valence-electron chi connectivity index (χ0n) is 12.3. The van der Waals surface area contributed by atoms with Gasteiger partial charge in [0.1, 0.15) is 0 Å². The van der Waals surface area contributed by atoms with Crippen molar-refractivity contribution in [1.29, 1.82) is 0 Å². The van der Waals surface area contributed by atoms with Gasteiger partial charge in [-0.25, -0.2) is 0 Å². The number of ether oxygens (including phenoxy) is 1. The van der Waals surface area contributed by atoms with Crippen LogP contribution >= 0.6 is 0 Å². The molecule has 0 saturated carbocycles. The molecule has 0 bridgehead atoms. The molecule has 0 N–H and O–H groups in total. The molecule has 0 aromatic heterocycles. The Morgan fingerprint density at radius 2 is 2.16 bits per heavy atom. The van der Waals surface area contributed by atoms with E-state index in [0.29, 0.717) is 6.42 Å². The van der Waals surface area contributed by atoms with E-state index in [4.69, 9.17) is 4.74 Å². The lowest BCUT2D eigenvalue weighted by atomic mass is 9.84. The lowest BCUT2D eigenvalue weighted by Crippen LogP contribution is -2.43. The first-order valence-corrected chi connectivity index (χ1v) is 6.99. The number of hydrogen-bond donors (Lipinski definition) is 0. The van der Waals surface area contributed by atoms with Crippen molar-refractivity contribution < 1.29 is 9.53 Å². The van der Waals surface area contributed by atoms with Crippen molar-refractivity contribution in [2.75, 3.05) is 13.6 Å². The summed E-state index contributed by atoms with van der Waals surface area (Å²) in [7, 11) is 2.09. The number of carbonyl (C=O) groups is 1. The second-order valence-electron chi connectivity index (χ2n) is 5.44. The van der Waals surface area contributed by atoms with E-state index in [-0.39, 0.29) is 12.0 Å². The first kappa shape index (κ1) is 14.1. The first-order chi connectivity index (χ1) is 9.01. The molecule has 1 heterocycles. The Hall–Kier alpha value is -1.35. The first-order valence-electron chi connectivity index (χ1n) is 6.99. The molecule has 104 valence electrons. The third-order valence-electron chi connectivity index (χ3n) is 4.36. The van der Waals surface area contributed by atoms with Crippen LogP contribution in [-0.2, 0) is 15.1 Å². The van der Waals surface area contributed by atoms with Gasteiger partial charge in [-0.3, -0.25) is 9.69 Å². The maximum absolute atomic E-state index is 11.9. The Morgan fingerprint density at radius 3 is 2.68 bits per heavy atom. The summed E-state index contributed by atoms with van der Waals surface area (Å²) in [4.78, 5) is 14.1. The summed E-state index contributed by atoms with van der Waals surface area (Å²) in [6.07, 6.45) is 1.28. The SMILES string of the molecule is CCC(=O)O[C@@]1(c2ccccc2C)CCN(C)[C@H]1C. The summed E-state index contributed by atoms with van der Waals surface area (Å²) < 4.78 is 5.92. The molecule has 0 radical (unpaired) electrons. The highest BCUT2D eigenvalue weighted by atomic mass is 16.6. The second kappa shape index (κ2) is 5.33. The van der Waals surface area contributed by atoms with Gasteiger partial charge in [-0.05, 0) is 26.5 Å². The zero-order valence-corrected chi connectivity index (χ0v) is 12.3. The maximum atomic E-state index is 11.9. The molecule has 0 unspecified atom stereocenters. The Morgan fingerprint density at radius 1 is 1.47 bits per heavy atom. The molecule has 1 saturated heterocycles. The summed E-state index contributed by atoms with van der Waals surface area (Å²) >= 11 is 0. The number of hydrogen-bond acceptors (Lipinski definition) is 3. The van der Waals surface area contributed by atoms with Crippen LogP contribution in [0.4, 0.5) is 0 Å². The number of carbonyl (C=O) groups excluding carboxylic acids is 1. The molecule has 1 aliphatic heterocycles. The standard InChI is InChI=1S/C16H23NO2/c1-5-15(18)19-16(10-11-17(4)13(16)3)14-9-7-6-8-12(14)2/h6-9,13H,5,10-11H2,1-4H3/t13-,16-/m0/s1. The van der Waals surface area contributed by atoms with Crippen LogP contribution in [0.25, 0.3) is 0 Å². The van der Waals surface area contributed by atoms with E-state index >= 15 is 0 Å². The van der Waals surface area contributed by atoms with Crippen molar-refractivity contribution in [3.63, 3.8) is 0 Å². The van der Waals surface area contributed by atoms with Crippen LogP contribution in [0.2, 0.25) is 0 Å². The fourth-order valence-corrected chi connectivity index (χ4v) is 2.97. The molecule has 1 aromatic carbocycles. The van der Waals surface area contributed by atoms with Crippen molar-refractivity contribution in [3.05, 3.63) is 35.4 Å². The molecule has 19 heavy (non-hydrogen) atoms. The van der Waals surface area contributed by atoms with E-state index < -0.39 is 5.60 Å². The van der Waals surface area contributed by atoms with Gasteiger partial charge in [0.05, 0.1) is 6.04 Å². The second-order valence-corrected chi connectivity index (χ2v) is 5.44. The van der Waals surface area contributed by atoms with E-state index in [1.165, 1.54) is 5.56 Å². The van der Waals surface area contributed by atoms with Crippen molar-refractivity contribution >= 4 is 5.97 Å².